The largest absolute Gasteiger partial charge is 0.338 e. The van der Waals surface area contributed by atoms with Crippen molar-refractivity contribution in [2.24, 2.45) is 5.92 Å². The third kappa shape index (κ3) is 2.88. The molecule has 0 bridgehead atoms. The van der Waals surface area contributed by atoms with Crippen molar-refractivity contribution in [3.63, 3.8) is 0 Å². The fourth-order valence-corrected chi connectivity index (χ4v) is 2.43. The van der Waals surface area contributed by atoms with Crippen molar-refractivity contribution in [3.05, 3.63) is 34.1 Å². The van der Waals surface area contributed by atoms with Gasteiger partial charge >= 0.3 is 0 Å². The smallest absolute Gasteiger partial charge is 0.224 e. The van der Waals surface area contributed by atoms with Gasteiger partial charge in [0, 0.05) is 29.5 Å². The molecular formula is C13H12BrFN2O. The monoisotopic (exact) mass is 310 g/mol. The number of benzene rings is 1. The predicted octanol–water partition coefficient (Wildman–Crippen LogP) is 2.85. The zero-order valence-corrected chi connectivity index (χ0v) is 11.3. The Balaban J connectivity index is 2.08. The Morgan fingerprint density at radius 2 is 2.33 bits per heavy atom. The molecule has 1 amide bonds. The first-order valence-corrected chi connectivity index (χ1v) is 6.51. The maximum absolute atomic E-state index is 13.6. The number of hydrogen-bond acceptors (Lipinski definition) is 2. The lowest BCUT2D eigenvalue weighted by Crippen LogP contribution is -2.38. The summed E-state index contributed by atoms with van der Waals surface area (Å²) in [6.07, 6.45) is 0.907. The van der Waals surface area contributed by atoms with Gasteiger partial charge in [0.1, 0.15) is 5.82 Å². The van der Waals surface area contributed by atoms with Crippen molar-refractivity contribution < 1.29 is 9.18 Å². The van der Waals surface area contributed by atoms with Crippen LogP contribution in [0.25, 0.3) is 0 Å². The van der Waals surface area contributed by atoms with Gasteiger partial charge in [-0.05, 0) is 24.6 Å². The molecule has 0 aliphatic carbocycles. The van der Waals surface area contributed by atoms with Gasteiger partial charge in [0.15, 0.2) is 0 Å². The van der Waals surface area contributed by atoms with Crippen molar-refractivity contribution in [1.29, 1.82) is 5.26 Å². The zero-order valence-electron chi connectivity index (χ0n) is 9.70. The summed E-state index contributed by atoms with van der Waals surface area (Å²) < 4.78 is 14.4. The second kappa shape index (κ2) is 5.49. The van der Waals surface area contributed by atoms with Crippen molar-refractivity contribution in [2.45, 2.75) is 19.4 Å². The summed E-state index contributed by atoms with van der Waals surface area (Å²) in [5.41, 5.74) is 0.494. The van der Waals surface area contributed by atoms with Crippen LogP contribution in [-0.2, 0) is 11.3 Å². The minimum atomic E-state index is -0.312. The summed E-state index contributed by atoms with van der Waals surface area (Å²) in [6, 6.07) is 6.80. The molecule has 0 saturated carbocycles. The number of piperidine rings is 1. The molecule has 94 valence electrons. The molecule has 1 aliphatic heterocycles. The Hall–Kier alpha value is -1.41. The first kappa shape index (κ1) is 13.0. The van der Waals surface area contributed by atoms with E-state index in [1.54, 1.807) is 17.0 Å². The number of halogens is 2. The molecule has 1 saturated heterocycles. The molecule has 1 fully saturated rings. The summed E-state index contributed by atoms with van der Waals surface area (Å²) in [7, 11) is 0. The quantitative estimate of drug-likeness (QED) is 0.843. The van der Waals surface area contributed by atoms with Crippen molar-refractivity contribution in [2.75, 3.05) is 6.54 Å². The molecule has 18 heavy (non-hydrogen) atoms. The Labute approximate surface area is 113 Å². The number of carbonyl (C=O) groups is 1. The molecule has 3 nitrogen and oxygen atoms in total. The highest BCUT2D eigenvalue weighted by atomic mass is 79.9. The van der Waals surface area contributed by atoms with Crippen LogP contribution in [0.3, 0.4) is 0 Å². The Morgan fingerprint density at radius 1 is 1.56 bits per heavy atom. The van der Waals surface area contributed by atoms with Crippen LogP contribution in [0.5, 0.6) is 0 Å². The summed E-state index contributed by atoms with van der Waals surface area (Å²) in [5, 5.41) is 8.78. The van der Waals surface area contributed by atoms with Crippen molar-refractivity contribution in [3.8, 4) is 6.07 Å². The summed E-state index contributed by atoms with van der Waals surface area (Å²) in [4.78, 5) is 13.4. The van der Waals surface area contributed by atoms with Gasteiger partial charge in [-0.1, -0.05) is 15.9 Å². The minimum absolute atomic E-state index is 0.0767. The fraction of sp³-hybridized carbons (Fsp3) is 0.385. The van der Waals surface area contributed by atoms with Crippen molar-refractivity contribution >= 4 is 21.8 Å². The van der Waals surface area contributed by atoms with E-state index in [4.69, 9.17) is 5.26 Å². The number of amides is 1. The Bertz CT molecular complexity index is 512. The highest BCUT2D eigenvalue weighted by molar-refractivity contribution is 9.10. The van der Waals surface area contributed by atoms with Crippen molar-refractivity contribution in [1.82, 2.24) is 4.90 Å². The van der Waals surface area contributed by atoms with Gasteiger partial charge < -0.3 is 4.90 Å². The molecule has 1 heterocycles. The number of likely N-dealkylation sites (tertiary alicyclic amines) is 1. The van der Waals surface area contributed by atoms with Gasteiger partial charge in [0.2, 0.25) is 5.91 Å². The lowest BCUT2D eigenvalue weighted by molar-refractivity contribution is -0.134. The molecule has 0 N–H and O–H groups in total. The Morgan fingerprint density at radius 3 is 3.00 bits per heavy atom. The summed E-state index contributed by atoms with van der Waals surface area (Å²) in [6.45, 7) is 0.783. The zero-order chi connectivity index (χ0) is 13.1. The molecule has 0 spiro atoms. The van der Waals surface area contributed by atoms with E-state index in [0.29, 0.717) is 18.5 Å². The number of carbonyl (C=O) groups excluding carboxylic acids is 1. The first-order chi connectivity index (χ1) is 8.60. The highest BCUT2D eigenvalue weighted by Crippen LogP contribution is 2.22. The molecule has 1 atom stereocenters. The van der Waals surface area contributed by atoms with Gasteiger partial charge in [-0.3, -0.25) is 4.79 Å². The topological polar surface area (TPSA) is 44.1 Å². The maximum Gasteiger partial charge on any atom is 0.224 e. The molecule has 0 radical (unpaired) electrons. The van der Waals surface area contributed by atoms with Crippen LogP contribution < -0.4 is 0 Å². The number of hydrogen-bond donors (Lipinski definition) is 0. The average molecular weight is 311 g/mol. The molecule has 1 aromatic rings. The Kier molecular flexibility index (Phi) is 3.97. The second-order valence-electron chi connectivity index (χ2n) is 4.37. The number of nitrogens with zero attached hydrogens (tertiary/aromatic N) is 2. The van der Waals surface area contributed by atoms with Crippen LogP contribution in [-0.4, -0.2) is 17.4 Å². The predicted molar refractivity (Wildman–Crippen MR) is 67.9 cm³/mol. The SMILES string of the molecule is N#CC1CCN(Cc2cc(Br)ccc2F)C(=O)C1. The second-order valence-corrected chi connectivity index (χ2v) is 5.29. The van der Waals surface area contributed by atoms with Gasteiger partial charge in [0.05, 0.1) is 12.0 Å². The standard InChI is InChI=1S/C13H12BrFN2O/c14-11-1-2-12(15)10(6-11)8-17-4-3-9(7-16)5-13(17)18/h1-2,6,9H,3-5,8H2. The third-order valence-electron chi connectivity index (χ3n) is 3.07. The van der Waals surface area contributed by atoms with E-state index in [2.05, 4.69) is 22.0 Å². The maximum atomic E-state index is 13.6. The third-order valence-corrected chi connectivity index (χ3v) is 3.57. The molecule has 1 unspecified atom stereocenters. The van der Waals surface area contributed by atoms with Crippen LogP contribution in [0.15, 0.2) is 22.7 Å². The number of rotatable bonds is 2. The molecule has 5 heteroatoms. The van der Waals surface area contributed by atoms with E-state index in [-0.39, 0.29) is 30.6 Å². The van der Waals surface area contributed by atoms with E-state index in [1.807, 2.05) is 0 Å². The van der Waals surface area contributed by atoms with E-state index in [1.165, 1.54) is 6.07 Å². The normalized spacial score (nSPS) is 19.7. The lowest BCUT2D eigenvalue weighted by Gasteiger charge is -2.29. The minimum Gasteiger partial charge on any atom is -0.338 e. The van der Waals surface area contributed by atoms with Crippen LogP contribution in [0.2, 0.25) is 0 Å². The lowest BCUT2D eigenvalue weighted by atomic mass is 9.97. The highest BCUT2D eigenvalue weighted by Gasteiger charge is 2.26. The van der Waals surface area contributed by atoms with Gasteiger partial charge in [-0.2, -0.15) is 5.26 Å². The van der Waals surface area contributed by atoms with Crippen LogP contribution in [0.1, 0.15) is 18.4 Å². The van der Waals surface area contributed by atoms with Gasteiger partial charge in [0.25, 0.3) is 0 Å². The van der Waals surface area contributed by atoms with Crippen LogP contribution >= 0.6 is 15.9 Å². The first-order valence-electron chi connectivity index (χ1n) is 5.71. The van der Waals surface area contributed by atoms with E-state index in [0.717, 1.165) is 4.47 Å². The van der Waals surface area contributed by atoms with Gasteiger partial charge in [-0.25, -0.2) is 4.39 Å². The summed E-state index contributed by atoms with van der Waals surface area (Å²) >= 11 is 3.28. The molecular weight excluding hydrogens is 299 g/mol. The molecule has 1 aromatic carbocycles. The van der Waals surface area contributed by atoms with Crippen LogP contribution in [0, 0.1) is 23.1 Å². The van der Waals surface area contributed by atoms with E-state index >= 15 is 0 Å². The molecule has 0 aromatic heterocycles. The van der Waals surface area contributed by atoms with E-state index < -0.39 is 0 Å². The van der Waals surface area contributed by atoms with E-state index in [9.17, 15) is 9.18 Å². The molecule has 1 aliphatic rings. The average Bonchev–Trinajstić information content (AvgIpc) is 2.36. The summed E-state index contributed by atoms with van der Waals surface area (Å²) in [5.74, 6) is -0.582. The molecule has 2 rings (SSSR count). The number of nitriles is 1. The van der Waals surface area contributed by atoms with Gasteiger partial charge in [-0.15, -0.1) is 0 Å². The fourth-order valence-electron chi connectivity index (χ4n) is 2.03. The van der Waals surface area contributed by atoms with Crippen LogP contribution in [0.4, 0.5) is 4.39 Å².